The van der Waals surface area contributed by atoms with Crippen LogP contribution in [-0.2, 0) is 11.3 Å². The van der Waals surface area contributed by atoms with Crippen molar-refractivity contribution in [2.75, 3.05) is 13.1 Å². The fraction of sp³-hybridized carbons (Fsp3) is 0.421. The van der Waals surface area contributed by atoms with Gasteiger partial charge in [-0.25, -0.2) is 0 Å². The Kier molecular flexibility index (Phi) is 4.53. The van der Waals surface area contributed by atoms with Gasteiger partial charge in [0, 0.05) is 31.0 Å². The number of aromatic nitrogens is 1. The van der Waals surface area contributed by atoms with E-state index in [0.29, 0.717) is 6.54 Å². The normalized spacial score (nSPS) is 18.0. The molecule has 1 aromatic carbocycles. The third-order valence-corrected chi connectivity index (χ3v) is 4.33. The van der Waals surface area contributed by atoms with Gasteiger partial charge in [0.05, 0.1) is 12.6 Å². The van der Waals surface area contributed by atoms with Crippen molar-refractivity contribution in [3.8, 4) is 0 Å². The van der Waals surface area contributed by atoms with Crippen LogP contribution in [0.5, 0.6) is 0 Å². The number of hydrogen-bond donors (Lipinski definition) is 1. The molecule has 4 nitrogen and oxygen atoms in total. The molecular weight excluding hydrogens is 286 g/mol. The average molecular weight is 311 g/mol. The Morgan fingerprint density at radius 1 is 1.22 bits per heavy atom. The molecule has 1 atom stereocenters. The number of nitrogens with one attached hydrogen (secondary N) is 1. The molecule has 0 saturated heterocycles. The maximum absolute atomic E-state index is 12.2. The molecule has 4 heteroatoms. The predicted octanol–water partition coefficient (Wildman–Crippen LogP) is 2.73. The average Bonchev–Trinajstić information content (AvgIpc) is 2.96. The van der Waals surface area contributed by atoms with Crippen LogP contribution < -0.4 is 5.32 Å². The lowest BCUT2D eigenvalue weighted by molar-refractivity contribution is -0.123. The van der Waals surface area contributed by atoms with Crippen LogP contribution >= 0.6 is 0 Å². The van der Waals surface area contributed by atoms with Gasteiger partial charge in [-0.05, 0) is 38.5 Å². The number of amides is 1. The van der Waals surface area contributed by atoms with Crippen molar-refractivity contribution in [1.29, 1.82) is 0 Å². The van der Waals surface area contributed by atoms with Gasteiger partial charge in [-0.1, -0.05) is 29.8 Å². The minimum atomic E-state index is 0.0946. The van der Waals surface area contributed by atoms with Crippen molar-refractivity contribution in [1.82, 2.24) is 14.8 Å². The first-order valence-corrected chi connectivity index (χ1v) is 8.29. The van der Waals surface area contributed by atoms with E-state index >= 15 is 0 Å². The second-order valence-electron chi connectivity index (χ2n) is 6.63. The summed E-state index contributed by atoms with van der Waals surface area (Å²) in [6.07, 6.45) is 2.13. The minimum absolute atomic E-state index is 0.0946. The zero-order valence-electron chi connectivity index (χ0n) is 14.1. The largest absolute Gasteiger partial charge is 0.353 e. The van der Waals surface area contributed by atoms with Gasteiger partial charge in [0.1, 0.15) is 0 Å². The van der Waals surface area contributed by atoms with Crippen LogP contribution in [0, 0.1) is 6.92 Å². The van der Waals surface area contributed by atoms with E-state index < -0.39 is 0 Å². The molecule has 2 aromatic rings. The number of aryl methyl sites for hydroxylation is 1. The van der Waals surface area contributed by atoms with Gasteiger partial charge in [-0.3, -0.25) is 9.69 Å². The maximum atomic E-state index is 12.2. The molecule has 2 heterocycles. The fourth-order valence-corrected chi connectivity index (χ4v) is 3.28. The molecule has 1 amide bonds. The highest BCUT2D eigenvalue weighted by Crippen LogP contribution is 2.32. The number of nitrogens with zero attached hydrogens (tertiary/aromatic N) is 2. The summed E-state index contributed by atoms with van der Waals surface area (Å²) in [4.78, 5) is 14.5. The van der Waals surface area contributed by atoms with Gasteiger partial charge in [-0.2, -0.15) is 0 Å². The molecule has 23 heavy (non-hydrogen) atoms. The minimum Gasteiger partial charge on any atom is -0.353 e. The first-order valence-electron chi connectivity index (χ1n) is 8.29. The van der Waals surface area contributed by atoms with E-state index in [9.17, 15) is 4.79 Å². The van der Waals surface area contributed by atoms with Crippen molar-refractivity contribution >= 4 is 5.91 Å². The Morgan fingerprint density at radius 2 is 1.96 bits per heavy atom. The van der Waals surface area contributed by atoms with Crippen molar-refractivity contribution in [3.05, 3.63) is 59.4 Å². The van der Waals surface area contributed by atoms with Crippen LogP contribution in [0.1, 0.15) is 36.7 Å². The van der Waals surface area contributed by atoms with Crippen LogP contribution in [0.2, 0.25) is 0 Å². The van der Waals surface area contributed by atoms with Crippen molar-refractivity contribution in [2.45, 2.75) is 39.4 Å². The third kappa shape index (κ3) is 3.48. The number of fused-ring (bicyclic) bond motifs is 1. The second kappa shape index (κ2) is 6.59. The quantitative estimate of drug-likeness (QED) is 0.943. The standard InChI is InChI=1S/C19H25N3O/c1-14(2)20-18(23)13-22-12-11-21-10-4-5-17(21)19(22)16-8-6-15(3)7-9-16/h4-10,14,19H,11-13H2,1-3H3,(H,20,23). The van der Waals surface area contributed by atoms with Crippen LogP contribution in [-0.4, -0.2) is 34.5 Å². The zero-order chi connectivity index (χ0) is 16.4. The van der Waals surface area contributed by atoms with Gasteiger partial charge in [0.15, 0.2) is 0 Å². The molecular formula is C19H25N3O. The smallest absolute Gasteiger partial charge is 0.234 e. The third-order valence-electron chi connectivity index (χ3n) is 4.33. The Hall–Kier alpha value is -2.07. The molecule has 0 radical (unpaired) electrons. The van der Waals surface area contributed by atoms with Crippen molar-refractivity contribution in [3.63, 3.8) is 0 Å². The summed E-state index contributed by atoms with van der Waals surface area (Å²) in [6, 6.07) is 13.2. The highest BCUT2D eigenvalue weighted by molar-refractivity contribution is 5.78. The molecule has 122 valence electrons. The molecule has 0 spiro atoms. The number of carbonyl (C=O) groups is 1. The van der Waals surface area contributed by atoms with E-state index in [0.717, 1.165) is 13.1 Å². The van der Waals surface area contributed by atoms with E-state index in [1.165, 1.54) is 16.8 Å². The summed E-state index contributed by atoms with van der Waals surface area (Å²) in [5.41, 5.74) is 3.76. The van der Waals surface area contributed by atoms with Crippen molar-refractivity contribution < 1.29 is 4.79 Å². The highest BCUT2D eigenvalue weighted by atomic mass is 16.2. The van der Waals surface area contributed by atoms with Gasteiger partial charge in [0.2, 0.25) is 5.91 Å². The summed E-state index contributed by atoms with van der Waals surface area (Å²) < 4.78 is 2.29. The first-order chi connectivity index (χ1) is 11.0. The lowest BCUT2D eigenvalue weighted by Gasteiger charge is -2.37. The SMILES string of the molecule is Cc1ccc(C2c3cccn3CCN2CC(=O)NC(C)C)cc1. The summed E-state index contributed by atoms with van der Waals surface area (Å²) in [6.45, 7) is 8.34. The fourth-order valence-electron chi connectivity index (χ4n) is 3.28. The summed E-state index contributed by atoms with van der Waals surface area (Å²) in [5.74, 6) is 0.0946. The van der Waals surface area contributed by atoms with Gasteiger partial charge < -0.3 is 9.88 Å². The Labute approximate surface area is 138 Å². The molecule has 1 N–H and O–H groups in total. The molecule has 0 saturated carbocycles. The molecule has 0 fully saturated rings. The zero-order valence-corrected chi connectivity index (χ0v) is 14.1. The molecule has 1 aromatic heterocycles. The van der Waals surface area contributed by atoms with Crippen LogP contribution in [0.15, 0.2) is 42.6 Å². The molecule has 1 unspecified atom stereocenters. The molecule has 1 aliphatic heterocycles. The van der Waals surface area contributed by atoms with Crippen LogP contribution in [0.4, 0.5) is 0 Å². The predicted molar refractivity (Wildman–Crippen MR) is 92.3 cm³/mol. The topological polar surface area (TPSA) is 37.3 Å². The van der Waals surface area contributed by atoms with Gasteiger partial charge in [-0.15, -0.1) is 0 Å². The monoisotopic (exact) mass is 311 g/mol. The molecule has 1 aliphatic rings. The second-order valence-corrected chi connectivity index (χ2v) is 6.63. The number of hydrogen-bond acceptors (Lipinski definition) is 2. The summed E-state index contributed by atoms with van der Waals surface area (Å²) >= 11 is 0. The Balaban J connectivity index is 1.89. The number of rotatable bonds is 4. The van der Waals surface area contributed by atoms with Crippen LogP contribution in [0.3, 0.4) is 0 Å². The van der Waals surface area contributed by atoms with E-state index in [1.54, 1.807) is 0 Å². The van der Waals surface area contributed by atoms with E-state index in [-0.39, 0.29) is 18.0 Å². The lowest BCUT2D eigenvalue weighted by atomic mass is 9.99. The molecule has 0 bridgehead atoms. The van der Waals surface area contributed by atoms with E-state index in [4.69, 9.17) is 0 Å². The van der Waals surface area contributed by atoms with E-state index in [2.05, 4.69) is 64.3 Å². The number of benzene rings is 1. The van der Waals surface area contributed by atoms with Crippen LogP contribution in [0.25, 0.3) is 0 Å². The molecule has 0 aliphatic carbocycles. The maximum Gasteiger partial charge on any atom is 0.234 e. The Bertz CT molecular complexity index is 672. The first kappa shape index (κ1) is 15.8. The highest BCUT2D eigenvalue weighted by Gasteiger charge is 2.29. The lowest BCUT2D eigenvalue weighted by Crippen LogP contribution is -2.45. The van der Waals surface area contributed by atoms with E-state index in [1.807, 2.05) is 13.8 Å². The van der Waals surface area contributed by atoms with Crippen molar-refractivity contribution in [2.24, 2.45) is 0 Å². The summed E-state index contributed by atoms with van der Waals surface area (Å²) in [5, 5.41) is 3.00. The molecule has 3 rings (SSSR count). The van der Waals surface area contributed by atoms with Gasteiger partial charge >= 0.3 is 0 Å². The number of carbonyl (C=O) groups excluding carboxylic acids is 1. The summed E-state index contributed by atoms with van der Waals surface area (Å²) in [7, 11) is 0. The van der Waals surface area contributed by atoms with Gasteiger partial charge in [0.25, 0.3) is 0 Å². The Morgan fingerprint density at radius 3 is 2.65 bits per heavy atom.